The van der Waals surface area contributed by atoms with E-state index >= 15 is 0 Å². The van der Waals surface area contributed by atoms with Crippen molar-refractivity contribution in [1.29, 1.82) is 0 Å². The zero-order valence-electron chi connectivity index (χ0n) is 16.2. The maximum atomic E-state index is 13.3. The summed E-state index contributed by atoms with van der Waals surface area (Å²) >= 11 is 0. The number of ether oxygens (including phenoxy) is 2. The predicted molar refractivity (Wildman–Crippen MR) is 110 cm³/mol. The first kappa shape index (κ1) is 18.5. The van der Waals surface area contributed by atoms with Gasteiger partial charge in [0.1, 0.15) is 11.9 Å². The van der Waals surface area contributed by atoms with E-state index in [4.69, 9.17) is 9.47 Å². The molecule has 3 atom stereocenters. The topological polar surface area (TPSA) is 35.5 Å². The largest absolute Gasteiger partial charge is 0.497 e. The molecular weight excluding hydrogens is 348 g/mol. The molecule has 4 rings (SSSR count). The molecule has 142 valence electrons. The predicted octanol–water partition coefficient (Wildman–Crippen LogP) is 5.37. The molecule has 0 amide bonds. The molecule has 3 heteroatoms. The van der Waals surface area contributed by atoms with E-state index in [0.717, 1.165) is 23.3 Å². The summed E-state index contributed by atoms with van der Waals surface area (Å²) in [6.07, 6.45) is 0.216. The van der Waals surface area contributed by atoms with Gasteiger partial charge >= 0.3 is 0 Å². The minimum absolute atomic E-state index is 0.0242. The van der Waals surface area contributed by atoms with Crippen LogP contribution in [-0.2, 0) is 10.3 Å². The molecule has 3 aromatic rings. The first-order valence-electron chi connectivity index (χ1n) is 9.57. The van der Waals surface area contributed by atoms with Gasteiger partial charge in [-0.2, -0.15) is 0 Å². The molecule has 1 saturated heterocycles. The van der Waals surface area contributed by atoms with Crippen LogP contribution in [0.1, 0.15) is 40.7 Å². The lowest BCUT2D eigenvalue weighted by Crippen LogP contribution is -2.28. The molecule has 0 aromatic heterocycles. The molecule has 28 heavy (non-hydrogen) atoms. The Labute approximate surface area is 165 Å². The smallest absolute Gasteiger partial charge is 0.192 e. The Morgan fingerprint density at radius 2 is 1.54 bits per heavy atom. The fourth-order valence-electron chi connectivity index (χ4n) is 4.06. The van der Waals surface area contributed by atoms with E-state index in [9.17, 15) is 4.79 Å². The summed E-state index contributed by atoms with van der Waals surface area (Å²) in [5.41, 5.74) is 2.36. The van der Waals surface area contributed by atoms with Crippen LogP contribution in [0, 0.1) is 0 Å². The summed E-state index contributed by atoms with van der Waals surface area (Å²) in [7, 11) is 1.65. The van der Waals surface area contributed by atoms with Crippen molar-refractivity contribution < 1.29 is 14.3 Å². The van der Waals surface area contributed by atoms with Crippen LogP contribution >= 0.6 is 0 Å². The standard InChI is InChI=1S/C25H24O3/c1-25(20-11-7-4-8-12-20)17-22(18-13-15-21(27-2)16-14-18)24(28-25)23(26)19-9-5-3-6-10-19/h3-16,22,24H,17H2,1-2H3/t22-,24-,25-/m1/s1. The van der Waals surface area contributed by atoms with Crippen LogP contribution < -0.4 is 4.74 Å². The number of benzene rings is 3. The lowest BCUT2D eigenvalue weighted by atomic mass is 9.82. The fourth-order valence-corrected chi connectivity index (χ4v) is 4.06. The third-order valence-corrected chi connectivity index (χ3v) is 5.61. The molecule has 0 bridgehead atoms. The summed E-state index contributed by atoms with van der Waals surface area (Å²) in [4.78, 5) is 13.3. The number of rotatable bonds is 5. The van der Waals surface area contributed by atoms with Gasteiger partial charge in [-0.1, -0.05) is 72.8 Å². The Hall–Kier alpha value is -2.91. The van der Waals surface area contributed by atoms with E-state index in [1.54, 1.807) is 7.11 Å². The number of carbonyl (C=O) groups is 1. The average molecular weight is 372 g/mol. The highest BCUT2D eigenvalue weighted by molar-refractivity contribution is 6.00. The highest BCUT2D eigenvalue weighted by atomic mass is 16.5. The maximum Gasteiger partial charge on any atom is 0.192 e. The summed E-state index contributed by atoms with van der Waals surface area (Å²) in [6, 6.07) is 27.5. The average Bonchev–Trinajstić information content (AvgIpc) is 3.13. The van der Waals surface area contributed by atoms with E-state index in [2.05, 4.69) is 19.1 Å². The Bertz CT molecular complexity index is 935. The molecule has 3 nitrogen and oxygen atoms in total. The van der Waals surface area contributed by atoms with Crippen LogP contribution in [0.2, 0.25) is 0 Å². The Balaban J connectivity index is 1.72. The third-order valence-electron chi connectivity index (χ3n) is 5.61. The fraction of sp³-hybridized carbons (Fsp3) is 0.240. The lowest BCUT2D eigenvalue weighted by molar-refractivity contribution is -0.0237. The highest BCUT2D eigenvalue weighted by Gasteiger charge is 2.48. The van der Waals surface area contributed by atoms with Crippen molar-refractivity contribution in [1.82, 2.24) is 0 Å². The van der Waals surface area contributed by atoms with E-state index in [-0.39, 0.29) is 11.7 Å². The Morgan fingerprint density at radius 3 is 2.14 bits per heavy atom. The van der Waals surface area contributed by atoms with Crippen molar-refractivity contribution in [3.8, 4) is 5.75 Å². The zero-order valence-corrected chi connectivity index (χ0v) is 16.2. The van der Waals surface area contributed by atoms with Gasteiger partial charge < -0.3 is 9.47 Å². The first-order valence-corrected chi connectivity index (χ1v) is 9.57. The molecule has 0 saturated carbocycles. The second kappa shape index (κ2) is 7.61. The number of ketones is 1. The summed E-state index contributed by atoms with van der Waals surface area (Å²) in [5, 5.41) is 0. The van der Waals surface area contributed by atoms with Crippen LogP contribution in [0.25, 0.3) is 0 Å². The van der Waals surface area contributed by atoms with Crippen molar-refractivity contribution in [3.63, 3.8) is 0 Å². The monoisotopic (exact) mass is 372 g/mol. The normalized spacial score (nSPS) is 24.1. The molecule has 1 heterocycles. The van der Waals surface area contributed by atoms with Gasteiger partial charge in [0.25, 0.3) is 0 Å². The lowest BCUT2D eigenvalue weighted by Gasteiger charge is -2.25. The molecule has 0 radical (unpaired) electrons. The minimum atomic E-state index is -0.527. The van der Waals surface area contributed by atoms with E-state index < -0.39 is 11.7 Å². The van der Waals surface area contributed by atoms with E-state index in [1.165, 1.54) is 0 Å². The first-order chi connectivity index (χ1) is 13.6. The second-order valence-electron chi connectivity index (χ2n) is 7.45. The van der Waals surface area contributed by atoms with Gasteiger partial charge in [-0.05, 0) is 36.6 Å². The molecule has 0 unspecified atom stereocenters. The van der Waals surface area contributed by atoms with Crippen LogP contribution in [0.5, 0.6) is 5.75 Å². The maximum absolute atomic E-state index is 13.3. The van der Waals surface area contributed by atoms with Gasteiger partial charge in [0.2, 0.25) is 0 Å². The van der Waals surface area contributed by atoms with Crippen LogP contribution in [0.4, 0.5) is 0 Å². The summed E-state index contributed by atoms with van der Waals surface area (Å²) < 4.78 is 11.8. The van der Waals surface area contributed by atoms with Crippen molar-refractivity contribution in [2.75, 3.05) is 7.11 Å². The van der Waals surface area contributed by atoms with Crippen molar-refractivity contribution in [3.05, 3.63) is 102 Å². The molecule has 0 spiro atoms. The SMILES string of the molecule is COc1ccc([C@H]2C[C@](C)(c3ccccc3)O[C@H]2C(=O)c2ccccc2)cc1. The molecule has 1 fully saturated rings. The van der Waals surface area contributed by atoms with Gasteiger partial charge in [-0.3, -0.25) is 4.79 Å². The Kier molecular flexibility index (Phi) is 5.01. The number of methoxy groups -OCH3 is 1. The molecule has 0 N–H and O–H groups in total. The number of Topliss-reactive ketones (excluding diaryl/α,β-unsaturated/α-hetero) is 1. The molecule has 3 aromatic carbocycles. The van der Waals surface area contributed by atoms with Crippen molar-refractivity contribution in [2.45, 2.75) is 31.0 Å². The number of carbonyl (C=O) groups excluding carboxylic acids is 1. The quantitative estimate of drug-likeness (QED) is 0.565. The number of hydrogen-bond donors (Lipinski definition) is 0. The zero-order chi connectivity index (χ0) is 19.6. The minimum Gasteiger partial charge on any atom is -0.497 e. The van der Waals surface area contributed by atoms with Crippen molar-refractivity contribution >= 4 is 5.78 Å². The van der Waals surface area contributed by atoms with E-state index in [0.29, 0.717) is 5.56 Å². The van der Waals surface area contributed by atoms with Gasteiger partial charge in [-0.25, -0.2) is 0 Å². The highest BCUT2D eigenvalue weighted by Crippen LogP contribution is 2.48. The van der Waals surface area contributed by atoms with Crippen LogP contribution in [-0.4, -0.2) is 19.0 Å². The van der Waals surface area contributed by atoms with Gasteiger partial charge in [0.15, 0.2) is 5.78 Å². The van der Waals surface area contributed by atoms with Crippen LogP contribution in [0.3, 0.4) is 0 Å². The molecule has 1 aliphatic heterocycles. The molecule has 1 aliphatic rings. The molecular formula is C25H24O3. The van der Waals surface area contributed by atoms with Crippen LogP contribution in [0.15, 0.2) is 84.9 Å². The van der Waals surface area contributed by atoms with Gasteiger partial charge in [0.05, 0.1) is 12.7 Å². The molecule has 0 aliphatic carbocycles. The number of hydrogen-bond acceptors (Lipinski definition) is 3. The van der Waals surface area contributed by atoms with E-state index in [1.807, 2.05) is 72.8 Å². The summed E-state index contributed by atoms with van der Waals surface area (Å²) in [5.74, 6) is 0.810. The second-order valence-corrected chi connectivity index (χ2v) is 7.45. The van der Waals surface area contributed by atoms with Gasteiger partial charge in [0, 0.05) is 11.5 Å². The Morgan fingerprint density at radius 1 is 0.929 bits per heavy atom. The summed E-state index contributed by atoms with van der Waals surface area (Å²) in [6.45, 7) is 2.08. The third kappa shape index (κ3) is 3.46. The van der Waals surface area contributed by atoms with Crippen molar-refractivity contribution in [2.24, 2.45) is 0 Å². The van der Waals surface area contributed by atoms with Gasteiger partial charge in [-0.15, -0.1) is 0 Å².